The van der Waals surface area contributed by atoms with E-state index in [2.05, 4.69) is 5.32 Å². The Morgan fingerprint density at radius 2 is 1.52 bits per heavy atom. The van der Waals surface area contributed by atoms with Crippen LogP contribution < -0.4 is 5.32 Å². The Labute approximate surface area is 162 Å². The largest absolute Gasteiger partial charge is 0.354 e. The summed E-state index contributed by atoms with van der Waals surface area (Å²) in [6, 6.07) is 9.67. The molecule has 0 bridgehead atoms. The van der Waals surface area contributed by atoms with Gasteiger partial charge in [0.15, 0.2) is 19.7 Å². The van der Waals surface area contributed by atoms with E-state index >= 15 is 0 Å². The second kappa shape index (κ2) is 8.37. The molecule has 27 heavy (non-hydrogen) atoms. The molecule has 0 radical (unpaired) electrons. The Hall–Kier alpha value is -1.97. The van der Waals surface area contributed by atoms with Crippen LogP contribution in [0.1, 0.15) is 6.92 Å². The molecule has 0 aromatic heterocycles. The Bertz CT molecular complexity index is 1020. The first-order chi connectivity index (χ1) is 12.5. The number of carbonyl (C=O) groups is 1. The van der Waals surface area contributed by atoms with Gasteiger partial charge >= 0.3 is 0 Å². The van der Waals surface area contributed by atoms with Crippen molar-refractivity contribution in [1.82, 2.24) is 5.32 Å². The number of halogens is 2. The van der Waals surface area contributed by atoms with Crippen LogP contribution in [-0.4, -0.2) is 40.3 Å². The molecule has 0 fully saturated rings. The molecule has 0 aliphatic rings. The lowest BCUT2D eigenvalue weighted by atomic mass is 10.3. The summed E-state index contributed by atoms with van der Waals surface area (Å²) in [5.41, 5.74) is 0. The molecular weight excluding hydrogens is 417 g/mol. The van der Waals surface area contributed by atoms with Crippen molar-refractivity contribution >= 4 is 37.2 Å². The number of hydrogen-bond acceptors (Lipinski definition) is 5. The summed E-state index contributed by atoms with van der Waals surface area (Å²) < 4.78 is 62.1. The van der Waals surface area contributed by atoms with Gasteiger partial charge in [-0.05, 0) is 55.5 Å². The third kappa shape index (κ3) is 5.27. The second-order valence-electron chi connectivity index (χ2n) is 5.70. The van der Waals surface area contributed by atoms with Gasteiger partial charge in [0.25, 0.3) is 0 Å². The van der Waals surface area contributed by atoms with Crippen molar-refractivity contribution in [3.63, 3.8) is 0 Å². The fraction of sp³-hybridized carbons (Fsp3) is 0.235. The van der Waals surface area contributed by atoms with Gasteiger partial charge in [0.2, 0.25) is 5.91 Å². The molecule has 146 valence electrons. The molecule has 1 atom stereocenters. The van der Waals surface area contributed by atoms with E-state index in [4.69, 9.17) is 11.6 Å². The van der Waals surface area contributed by atoms with Gasteiger partial charge in [-0.3, -0.25) is 4.79 Å². The summed E-state index contributed by atoms with van der Waals surface area (Å²) in [5.74, 6) is -1.84. The normalized spacial score (nSPS) is 13.1. The average Bonchev–Trinajstić information content (AvgIpc) is 2.61. The van der Waals surface area contributed by atoms with E-state index in [-0.39, 0.29) is 16.3 Å². The minimum absolute atomic E-state index is 0.0492. The summed E-state index contributed by atoms with van der Waals surface area (Å²) in [5, 5.41) is 1.24. The van der Waals surface area contributed by atoms with Crippen molar-refractivity contribution in [2.24, 2.45) is 0 Å². The van der Waals surface area contributed by atoms with E-state index in [1.54, 1.807) is 0 Å². The Morgan fingerprint density at radius 1 is 1.00 bits per heavy atom. The first-order valence-electron chi connectivity index (χ1n) is 7.79. The Morgan fingerprint density at radius 3 is 2.07 bits per heavy atom. The third-order valence-corrected chi connectivity index (χ3v) is 7.88. The second-order valence-corrected chi connectivity index (χ2v) is 10.5. The molecule has 0 aliphatic heterocycles. The highest BCUT2D eigenvalue weighted by molar-refractivity contribution is 7.92. The minimum atomic E-state index is -4.02. The molecule has 0 heterocycles. The van der Waals surface area contributed by atoms with Gasteiger partial charge < -0.3 is 5.32 Å². The van der Waals surface area contributed by atoms with Crippen LogP contribution >= 0.6 is 11.6 Å². The Balaban J connectivity index is 2.00. The van der Waals surface area contributed by atoms with Crippen molar-refractivity contribution in [1.29, 1.82) is 0 Å². The number of carbonyl (C=O) groups excluding carboxylic acids is 1. The van der Waals surface area contributed by atoms with Crippen LogP contribution in [0.3, 0.4) is 0 Å². The Kier molecular flexibility index (Phi) is 6.61. The van der Waals surface area contributed by atoms with Gasteiger partial charge in [-0.1, -0.05) is 11.6 Å². The standard InChI is InChI=1S/C17H17ClFNO5S2/c1-12(27(24,25)16-8-4-14(19)5-9-16)17(21)20-10-11-26(22,23)15-6-2-13(18)3-7-15/h2-9,12H,10-11H2,1H3,(H,20,21)/t12-/m1/s1. The van der Waals surface area contributed by atoms with E-state index in [1.165, 1.54) is 31.2 Å². The highest BCUT2D eigenvalue weighted by atomic mass is 35.5. The fourth-order valence-electron chi connectivity index (χ4n) is 2.18. The predicted octanol–water partition coefficient (Wildman–Crippen LogP) is 2.23. The van der Waals surface area contributed by atoms with Crippen molar-refractivity contribution < 1.29 is 26.0 Å². The molecule has 0 saturated carbocycles. The molecule has 0 aliphatic carbocycles. The maximum Gasteiger partial charge on any atom is 0.238 e. The van der Waals surface area contributed by atoms with Crippen LogP contribution in [0.15, 0.2) is 58.3 Å². The van der Waals surface area contributed by atoms with Gasteiger partial charge in [0, 0.05) is 11.6 Å². The summed E-state index contributed by atoms with van der Waals surface area (Å²) in [7, 11) is -7.68. The molecule has 0 unspecified atom stereocenters. The summed E-state index contributed by atoms with van der Waals surface area (Å²) in [4.78, 5) is 12.0. The molecule has 6 nitrogen and oxygen atoms in total. The van der Waals surface area contributed by atoms with Gasteiger partial charge in [-0.15, -0.1) is 0 Å². The van der Waals surface area contributed by atoms with E-state index in [0.29, 0.717) is 5.02 Å². The monoisotopic (exact) mass is 433 g/mol. The quantitative estimate of drug-likeness (QED) is 0.675. The SMILES string of the molecule is C[C@H](C(=O)NCCS(=O)(=O)c1ccc(Cl)cc1)S(=O)(=O)c1ccc(F)cc1. The van der Waals surface area contributed by atoms with Crippen molar-refractivity contribution in [3.8, 4) is 0 Å². The van der Waals surface area contributed by atoms with Crippen molar-refractivity contribution in [2.75, 3.05) is 12.3 Å². The first kappa shape index (κ1) is 21.3. The van der Waals surface area contributed by atoms with E-state index in [1.807, 2.05) is 0 Å². The lowest BCUT2D eigenvalue weighted by molar-refractivity contribution is -0.120. The summed E-state index contributed by atoms with van der Waals surface area (Å²) in [6.07, 6.45) is 0. The van der Waals surface area contributed by atoms with Gasteiger partial charge in [0.05, 0.1) is 15.5 Å². The zero-order valence-corrected chi connectivity index (χ0v) is 16.6. The maximum absolute atomic E-state index is 12.9. The topological polar surface area (TPSA) is 97.4 Å². The van der Waals surface area contributed by atoms with Crippen LogP contribution in [0, 0.1) is 5.82 Å². The number of benzene rings is 2. The lowest BCUT2D eigenvalue weighted by Crippen LogP contribution is -2.39. The fourth-order valence-corrected chi connectivity index (χ4v) is 4.75. The molecule has 0 saturated heterocycles. The van der Waals surface area contributed by atoms with Crippen LogP contribution in [0.5, 0.6) is 0 Å². The van der Waals surface area contributed by atoms with Crippen LogP contribution in [0.2, 0.25) is 5.02 Å². The van der Waals surface area contributed by atoms with Gasteiger partial charge in [-0.2, -0.15) is 0 Å². The first-order valence-corrected chi connectivity index (χ1v) is 11.4. The number of sulfone groups is 2. The molecule has 2 aromatic rings. The lowest BCUT2D eigenvalue weighted by Gasteiger charge is -2.13. The zero-order chi connectivity index (χ0) is 20.2. The molecule has 10 heteroatoms. The van der Waals surface area contributed by atoms with E-state index in [9.17, 15) is 26.0 Å². The van der Waals surface area contributed by atoms with Gasteiger partial charge in [0.1, 0.15) is 11.1 Å². The molecule has 1 N–H and O–H groups in total. The number of rotatable bonds is 7. The summed E-state index contributed by atoms with van der Waals surface area (Å²) in [6.45, 7) is 0.925. The summed E-state index contributed by atoms with van der Waals surface area (Å²) >= 11 is 5.71. The predicted molar refractivity (Wildman–Crippen MR) is 99.6 cm³/mol. The highest BCUT2D eigenvalue weighted by Crippen LogP contribution is 2.17. The van der Waals surface area contributed by atoms with Crippen LogP contribution in [-0.2, 0) is 24.5 Å². The number of nitrogens with one attached hydrogen (secondary N) is 1. The van der Waals surface area contributed by atoms with Crippen LogP contribution in [0.25, 0.3) is 0 Å². The molecule has 2 rings (SSSR count). The third-order valence-electron chi connectivity index (χ3n) is 3.82. The zero-order valence-electron chi connectivity index (χ0n) is 14.2. The average molecular weight is 434 g/mol. The molecule has 0 spiro atoms. The minimum Gasteiger partial charge on any atom is -0.354 e. The van der Waals surface area contributed by atoms with Gasteiger partial charge in [-0.25, -0.2) is 21.2 Å². The van der Waals surface area contributed by atoms with Crippen LogP contribution in [0.4, 0.5) is 4.39 Å². The maximum atomic E-state index is 12.9. The molecular formula is C17H17ClFNO5S2. The van der Waals surface area contributed by atoms with Crippen molar-refractivity contribution in [3.05, 3.63) is 59.4 Å². The van der Waals surface area contributed by atoms with Crippen molar-refractivity contribution in [2.45, 2.75) is 22.0 Å². The van der Waals surface area contributed by atoms with E-state index in [0.717, 1.165) is 24.3 Å². The molecule has 1 amide bonds. The number of amides is 1. The molecule has 2 aromatic carbocycles. The smallest absolute Gasteiger partial charge is 0.238 e. The number of hydrogen-bond donors (Lipinski definition) is 1. The highest BCUT2D eigenvalue weighted by Gasteiger charge is 2.29. The van der Waals surface area contributed by atoms with E-state index < -0.39 is 42.4 Å².